The van der Waals surface area contributed by atoms with Gasteiger partial charge in [-0.1, -0.05) is 100 Å². The van der Waals surface area contributed by atoms with E-state index in [0.717, 1.165) is 21.9 Å². The number of carbonyl (C=O) groups is 4. The third-order valence-electron chi connectivity index (χ3n) is 8.40. The van der Waals surface area contributed by atoms with Crippen molar-refractivity contribution in [3.8, 4) is 0 Å². The molecule has 4 aromatic rings. The van der Waals surface area contributed by atoms with Crippen molar-refractivity contribution in [2.75, 3.05) is 6.54 Å². The van der Waals surface area contributed by atoms with Crippen LogP contribution in [0.4, 0.5) is 4.79 Å². The van der Waals surface area contributed by atoms with Crippen LogP contribution < -0.4 is 10.6 Å². The summed E-state index contributed by atoms with van der Waals surface area (Å²) in [7, 11) is 0. The third-order valence-corrected chi connectivity index (χ3v) is 8.40. The molecule has 11 nitrogen and oxygen atoms in total. The van der Waals surface area contributed by atoms with Crippen molar-refractivity contribution in [1.29, 1.82) is 0 Å². The summed E-state index contributed by atoms with van der Waals surface area (Å²) in [5, 5.41) is 15.8. The van der Waals surface area contributed by atoms with Gasteiger partial charge in [0.15, 0.2) is 0 Å². The highest BCUT2D eigenvalue weighted by Gasteiger charge is 2.40. The van der Waals surface area contributed by atoms with Crippen molar-refractivity contribution < 1.29 is 28.3 Å². The van der Waals surface area contributed by atoms with Crippen LogP contribution in [0.25, 0.3) is 10.8 Å². The molecule has 2 heterocycles. The molecule has 1 saturated heterocycles. The van der Waals surface area contributed by atoms with Gasteiger partial charge in [0.2, 0.25) is 23.5 Å². The van der Waals surface area contributed by atoms with Crippen LogP contribution >= 0.6 is 0 Å². The Morgan fingerprint density at radius 1 is 0.872 bits per heavy atom. The second-order valence-corrected chi connectivity index (χ2v) is 12.5. The predicted molar refractivity (Wildman–Crippen MR) is 175 cm³/mol. The lowest BCUT2D eigenvalue weighted by Crippen LogP contribution is -2.57. The Balaban J connectivity index is 1.23. The van der Waals surface area contributed by atoms with E-state index in [9.17, 15) is 19.2 Å². The van der Waals surface area contributed by atoms with Gasteiger partial charge in [0.05, 0.1) is 12.5 Å². The molecule has 0 aliphatic carbocycles. The average Bonchev–Trinajstić information content (AvgIpc) is 3.75. The minimum absolute atomic E-state index is 0.0652. The maximum absolute atomic E-state index is 13.7. The van der Waals surface area contributed by atoms with Gasteiger partial charge >= 0.3 is 6.09 Å². The fourth-order valence-electron chi connectivity index (χ4n) is 5.84. The first kappa shape index (κ1) is 33.3. The number of ether oxygens (including phenoxy) is 1. The lowest BCUT2D eigenvalue weighted by molar-refractivity contribution is -0.141. The monoisotopic (exact) mass is 639 g/mol. The van der Waals surface area contributed by atoms with E-state index < -0.39 is 35.9 Å². The number of aromatic nitrogens is 2. The highest BCUT2D eigenvalue weighted by Crippen LogP contribution is 2.23. The van der Waals surface area contributed by atoms with Gasteiger partial charge < -0.3 is 24.7 Å². The number of alkyl carbamates (subject to hydrolysis) is 1. The highest BCUT2D eigenvalue weighted by atomic mass is 16.5. The minimum atomic E-state index is -0.946. The zero-order chi connectivity index (χ0) is 33.5. The molecule has 246 valence electrons. The van der Waals surface area contributed by atoms with Crippen LogP contribution in [0.2, 0.25) is 0 Å². The van der Waals surface area contributed by atoms with Crippen LogP contribution in [0.5, 0.6) is 0 Å². The zero-order valence-corrected chi connectivity index (χ0v) is 27.1. The van der Waals surface area contributed by atoms with Gasteiger partial charge in [0, 0.05) is 6.54 Å². The van der Waals surface area contributed by atoms with Crippen LogP contribution in [0, 0.1) is 11.8 Å². The number of ketones is 1. The highest BCUT2D eigenvalue weighted by molar-refractivity contribution is 6.00. The van der Waals surface area contributed by atoms with E-state index in [4.69, 9.17) is 9.15 Å². The fourth-order valence-corrected chi connectivity index (χ4v) is 5.84. The van der Waals surface area contributed by atoms with E-state index in [1.807, 2.05) is 100 Å². The number of hydrogen-bond donors (Lipinski definition) is 2. The smallest absolute Gasteiger partial charge is 0.408 e. The Morgan fingerprint density at radius 2 is 1.57 bits per heavy atom. The second kappa shape index (κ2) is 15.0. The normalized spacial score (nSPS) is 15.9. The summed E-state index contributed by atoms with van der Waals surface area (Å²) in [6, 6.07) is 20.5. The molecule has 1 aliphatic heterocycles. The van der Waals surface area contributed by atoms with Crippen molar-refractivity contribution >= 4 is 34.5 Å². The number of likely N-dealkylation sites (tertiary alicyclic amines) is 1. The molecule has 0 saturated carbocycles. The van der Waals surface area contributed by atoms with Gasteiger partial charge in [0.25, 0.3) is 5.89 Å². The number of nitrogens with one attached hydrogen (secondary N) is 2. The predicted octanol–water partition coefficient (Wildman–Crippen LogP) is 5.08. The minimum Gasteiger partial charge on any atom is -0.445 e. The zero-order valence-electron chi connectivity index (χ0n) is 27.1. The molecule has 0 unspecified atom stereocenters. The number of fused-ring (bicyclic) bond motifs is 1. The van der Waals surface area contributed by atoms with E-state index in [0.29, 0.717) is 31.7 Å². The van der Waals surface area contributed by atoms with E-state index in [1.165, 1.54) is 4.90 Å². The summed E-state index contributed by atoms with van der Waals surface area (Å²) in [6.45, 7) is 7.68. The third kappa shape index (κ3) is 8.03. The standard InChI is InChI=1S/C36H41N5O6/c1-22(2)30(32(42)34-40-39-29(47-34)20-26-16-10-15-25-14-8-9-17-27(25)26)37-33(43)28-18-11-19-41(28)35(44)31(23(3)4)38-36(45)46-21-24-12-6-5-7-13-24/h5-10,12-17,22-23,28,30-31H,11,18-21H2,1-4H3,(H,37,43)(H,38,45)/t28-,30-,31-/m0/s1. The maximum atomic E-state index is 13.7. The van der Waals surface area contributed by atoms with Crippen LogP contribution in [-0.4, -0.2) is 63.5 Å². The largest absolute Gasteiger partial charge is 0.445 e. The van der Waals surface area contributed by atoms with Gasteiger partial charge in [-0.15, -0.1) is 10.2 Å². The lowest BCUT2D eigenvalue weighted by Gasteiger charge is -2.31. The average molecular weight is 640 g/mol. The lowest BCUT2D eigenvalue weighted by atomic mass is 9.98. The summed E-state index contributed by atoms with van der Waals surface area (Å²) >= 11 is 0. The number of amides is 3. The number of benzene rings is 3. The SMILES string of the molecule is CC(C)[C@H](NC(=O)[C@@H]1CCCN1C(=O)[C@@H](NC(=O)OCc1ccccc1)C(C)C)C(=O)c1nnc(Cc2cccc3ccccc23)o1. The molecule has 0 bridgehead atoms. The molecule has 47 heavy (non-hydrogen) atoms. The molecule has 5 rings (SSSR count). The van der Waals surface area contributed by atoms with Gasteiger partial charge in [-0.2, -0.15) is 0 Å². The quantitative estimate of drug-likeness (QED) is 0.204. The first-order chi connectivity index (χ1) is 22.6. The molecule has 1 aliphatic rings. The van der Waals surface area contributed by atoms with Crippen molar-refractivity contribution in [3.63, 3.8) is 0 Å². The van der Waals surface area contributed by atoms with Crippen LogP contribution in [0.3, 0.4) is 0 Å². The van der Waals surface area contributed by atoms with Crippen molar-refractivity contribution in [1.82, 2.24) is 25.7 Å². The summed E-state index contributed by atoms with van der Waals surface area (Å²) in [4.78, 5) is 55.0. The first-order valence-corrected chi connectivity index (χ1v) is 16.0. The molecule has 3 aromatic carbocycles. The van der Waals surface area contributed by atoms with Gasteiger partial charge in [-0.3, -0.25) is 14.4 Å². The fraction of sp³-hybridized carbons (Fsp3) is 0.389. The Hall–Kier alpha value is -5.06. The Morgan fingerprint density at radius 3 is 2.32 bits per heavy atom. The molecule has 1 fully saturated rings. The van der Waals surface area contributed by atoms with Gasteiger partial charge in [0.1, 0.15) is 18.7 Å². The number of hydrogen-bond acceptors (Lipinski definition) is 8. The van der Waals surface area contributed by atoms with Gasteiger partial charge in [-0.25, -0.2) is 4.79 Å². The topological polar surface area (TPSA) is 144 Å². The Labute approximate surface area is 274 Å². The number of Topliss-reactive ketones (excluding diaryl/α,β-unsaturated/α-hetero) is 1. The van der Waals surface area contributed by atoms with E-state index in [1.54, 1.807) is 0 Å². The number of carbonyl (C=O) groups excluding carboxylic acids is 4. The molecule has 0 spiro atoms. The van der Waals surface area contributed by atoms with E-state index in [-0.39, 0.29) is 30.2 Å². The van der Waals surface area contributed by atoms with Crippen molar-refractivity contribution in [3.05, 3.63) is 95.7 Å². The second-order valence-electron chi connectivity index (χ2n) is 12.5. The number of nitrogens with zero attached hydrogens (tertiary/aromatic N) is 3. The summed E-state index contributed by atoms with van der Waals surface area (Å²) in [5.74, 6) is -1.78. The van der Waals surface area contributed by atoms with E-state index >= 15 is 0 Å². The van der Waals surface area contributed by atoms with Crippen molar-refractivity contribution in [2.45, 2.75) is 71.7 Å². The Kier molecular flexibility index (Phi) is 10.6. The first-order valence-electron chi connectivity index (χ1n) is 16.0. The molecule has 3 amide bonds. The number of rotatable bonds is 12. The van der Waals surface area contributed by atoms with Crippen molar-refractivity contribution in [2.24, 2.45) is 11.8 Å². The molecule has 1 aromatic heterocycles. The maximum Gasteiger partial charge on any atom is 0.408 e. The molecule has 3 atom stereocenters. The summed E-state index contributed by atoms with van der Waals surface area (Å²) < 4.78 is 11.1. The van der Waals surface area contributed by atoms with Crippen LogP contribution in [0.15, 0.2) is 77.2 Å². The molecular weight excluding hydrogens is 598 g/mol. The van der Waals surface area contributed by atoms with Crippen LogP contribution in [-0.2, 0) is 27.4 Å². The molecule has 2 N–H and O–H groups in total. The Bertz CT molecular complexity index is 1710. The molecule has 11 heteroatoms. The van der Waals surface area contributed by atoms with Crippen LogP contribution in [0.1, 0.15) is 68.2 Å². The molecular formula is C36H41N5O6. The summed E-state index contributed by atoms with van der Waals surface area (Å²) in [6.07, 6.45) is 0.667. The summed E-state index contributed by atoms with van der Waals surface area (Å²) in [5.41, 5.74) is 1.81. The molecule has 0 radical (unpaired) electrons. The van der Waals surface area contributed by atoms with E-state index in [2.05, 4.69) is 20.8 Å². The van der Waals surface area contributed by atoms with Gasteiger partial charge in [-0.05, 0) is 46.6 Å².